The fourth-order valence-electron chi connectivity index (χ4n) is 2.89. The number of hydrogen-bond acceptors (Lipinski definition) is 2. The first kappa shape index (κ1) is 19.2. The van der Waals surface area contributed by atoms with Gasteiger partial charge >= 0.3 is 0 Å². The molecule has 134 valence electrons. The fraction of sp³-hybridized carbons (Fsp3) is 0.409. The van der Waals surface area contributed by atoms with Crippen LogP contribution in [-0.4, -0.2) is 23.9 Å². The molecule has 2 rings (SSSR count). The van der Waals surface area contributed by atoms with Crippen molar-refractivity contribution in [3.8, 4) is 0 Å². The van der Waals surface area contributed by atoms with E-state index in [1.807, 2.05) is 44.3 Å². The van der Waals surface area contributed by atoms with Gasteiger partial charge < -0.3 is 5.32 Å². The summed E-state index contributed by atoms with van der Waals surface area (Å²) >= 11 is 0. The van der Waals surface area contributed by atoms with Crippen LogP contribution < -0.4 is 5.32 Å². The Bertz CT molecular complexity index is 711. The van der Waals surface area contributed by atoms with Crippen molar-refractivity contribution in [1.82, 2.24) is 4.90 Å². The Labute approximate surface area is 152 Å². The van der Waals surface area contributed by atoms with Crippen LogP contribution in [0.5, 0.6) is 0 Å². The molecule has 2 aromatic carbocycles. The van der Waals surface area contributed by atoms with Crippen LogP contribution in [0.2, 0.25) is 0 Å². The van der Waals surface area contributed by atoms with Crippen LogP contribution in [0.3, 0.4) is 0 Å². The summed E-state index contributed by atoms with van der Waals surface area (Å²) < 4.78 is 0. The van der Waals surface area contributed by atoms with Gasteiger partial charge in [-0.1, -0.05) is 56.3 Å². The van der Waals surface area contributed by atoms with Gasteiger partial charge in [0.15, 0.2) is 0 Å². The van der Waals surface area contributed by atoms with E-state index < -0.39 is 0 Å². The third kappa shape index (κ3) is 4.93. The minimum absolute atomic E-state index is 0.0341. The maximum Gasteiger partial charge on any atom is 0.241 e. The van der Waals surface area contributed by atoms with Gasteiger partial charge in [0.25, 0.3) is 0 Å². The number of carbonyl (C=O) groups excluding carboxylic acids is 1. The van der Waals surface area contributed by atoms with E-state index in [1.54, 1.807) is 0 Å². The number of rotatable bonds is 7. The molecular weight excluding hydrogens is 308 g/mol. The minimum atomic E-state index is -0.204. The first-order chi connectivity index (χ1) is 11.9. The molecule has 0 saturated carbocycles. The van der Waals surface area contributed by atoms with Gasteiger partial charge in [-0.3, -0.25) is 9.69 Å². The number of benzene rings is 2. The lowest BCUT2D eigenvalue weighted by molar-refractivity contribution is -0.120. The second-order valence-electron chi connectivity index (χ2n) is 6.90. The lowest BCUT2D eigenvalue weighted by atomic mass is 9.97. The molecule has 2 aromatic rings. The topological polar surface area (TPSA) is 32.3 Å². The molecule has 0 bridgehead atoms. The Morgan fingerprint density at radius 1 is 1.08 bits per heavy atom. The van der Waals surface area contributed by atoms with E-state index in [0.29, 0.717) is 5.92 Å². The second kappa shape index (κ2) is 8.82. The number of carbonyl (C=O) groups is 1. The molecule has 0 radical (unpaired) electrons. The van der Waals surface area contributed by atoms with Crippen molar-refractivity contribution in [3.63, 3.8) is 0 Å². The molecule has 0 spiro atoms. The first-order valence-corrected chi connectivity index (χ1v) is 9.08. The molecule has 0 aromatic heterocycles. The Hall–Kier alpha value is -2.13. The highest BCUT2D eigenvalue weighted by atomic mass is 16.2. The van der Waals surface area contributed by atoms with E-state index in [-0.39, 0.29) is 11.9 Å². The third-order valence-corrected chi connectivity index (χ3v) is 5.08. The van der Waals surface area contributed by atoms with Crippen molar-refractivity contribution < 1.29 is 4.79 Å². The van der Waals surface area contributed by atoms with E-state index in [0.717, 1.165) is 18.7 Å². The summed E-state index contributed by atoms with van der Waals surface area (Å²) in [7, 11) is 2.00. The average molecular weight is 338 g/mol. The maximum absolute atomic E-state index is 12.7. The number of likely N-dealkylation sites (N-methyl/N-ethyl adjacent to an activating group) is 1. The predicted octanol–water partition coefficient (Wildman–Crippen LogP) is 4.97. The van der Waals surface area contributed by atoms with Crippen LogP contribution in [0.25, 0.3) is 0 Å². The van der Waals surface area contributed by atoms with E-state index in [4.69, 9.17) is 0 Å². The van der Waals surface area contributed by atoms with E-state index >= 15 is 0 Å². The molecule has 0 aliphatic heterocycles. The van der Waals surface area contributed by atoms with Gasteiger partial charge in [-0.25, -0.2) is 0 Å². The van der Waals surface area contributed by atoms with Crippen molar-refractivity contribution in [3.05, 3.63) is 65.2 Å². The number of hydrogen-bond donors (Lipinski definition) is 1. The van der Waals surface area contributed by atoms with E-state index in [1.165, 1.54) is 16.7 Å². The Morgan fingerprint density at radius 2 is 1.72 bits per heavy atom. The van der Waals surface area contributed by atoms with Gasteiger partial charge in [0, 0.05) is 12.2 Å². The van der Waals surface area contributed by atoms with Crippen molar-refractivity contribution >= 4 is 11.6 Å². The van der Waals surface area contributed by atoms with Crippen molar-refractivity contribution in [2.24, 2.45) is 0 Å². The predicted molar refractivity (Wildman–Crippen MR) is 106 cm³/mol. The molecule has 0 heterocycles. The minimum Gasteiger partial charge on any atom is -0.324 e. The molecule has 0 saturated heterocycles. The normalized spacial score (nSPS) is 13.5. The molecule has 25 heavy (non-hydrogen) atoms. The van der Waals surface area contributed by atoms with Crippen LogP contribution in [0.15, 0.2) is 48.5 Å². The molecule has 0 unspecified atom stereocenters. The van der Waals surface area contributed by atoms with Crippen LogP contribution in [0.1, 0.15) is 49.8 Å². The third-order valence-electron chi connectivity index (χ3n) is 5.08. The maximum atomic E-state index is 12.7. The summed E-state index contributed by atoms with van der Waals surface area (Å²) in [6.45, 7) is 9.19. The van der Waals surface area contributed by atoms with Gasteiger partial charge in [-0.2, -0.15) is 0 Å². The average Bonchev–Trinajstić information content (AvgIpc) is 2.62. The number of para-hydroxylation sites is 1. The van der Waals surface area contributed by atoms with Gasteiger partial charge in [0.1, 0.15) is 0 Å². The summed E-state index contributed by atoms with van der Waals surface area (Å²) in [5.74, 6) is 0.461. The van der Waals surface area contributed by atoms with Gasteiger partial charge in [-0.15, -0.1) is 0 Å². The standard InChI is InChI=1S/C22H30N2O/c1-6-16(2)20-13-9-10-14-21(20)23-22(25)18(4)24(5)15-19-12-8-7-11-17(19)3/h7-14,16,18H,6,15H2,1-5H3,(H,23,25)/t16-,18-/m0/s1. The lowest BCUT2D eigenvalue weighted by Crippen LogP contribution is -2.39. The number of aryl methyl sites for hydroxylation is 1. The Balaban J connectivity index is 2.07. The Kier molecular flexibility index (Phi) is 6.77. The number of anilines is 1. The zero-order valence-corrected chi connectivity index (χ0v) is 16.0. The summed E-state index contributed by atoms with van der Waals surface area (Å²) in [6.07, 6.45) is 1.05. The van der Waals surface area contributed by atoms with E-state index in [2.05, 4.69) is 49.2 Å². The van der Waals surface area contributed by atoms with Crippen LogP contribution in [-0.2, 0) is 11.3 Å². The fourth-order valence-corrected chi connectivity index (χ4v) is 2.89. The Morgan fingerprint density at radius 3 is 2.40 bits per heavy atom. The molecule has 3 heteroatoms. The highest BCUT2D eigenvalue weighted by Gasteiger charge is 2.20. The summed E-state index contributed by atoms with van der Waals surface area (Å²) in [6, 6.07) is 16.2. The molecular formula is C22H30N2O. The largest absolute Gasteiger partial charge is 0.324 e. The molecule has 3 nitrogen and oxygen atoms in total. The SMILES string of the molecule is CC[C@H](C)c1ccccc1NC(=O)[C@H](C)N(C)Cc1ccccc1C. The highest BCUT2D eigenvalue weighted by molar-refractivity contribution is 5.95. The zero-order valence-electron chi connectivity index (χ0n) is 16.0. The van der Waals surface area contributed by atoms with Crippen LogP contribution in [0, 0.1) is 6.92 Å². The number of nitrogens with one attached hydrogen (secondary N) is 1. The van der Waals surface area contributed by atoms with Crippen molar-refractivity contribution in [2.45, 2.75) is 52.6 Å². The van der Waals surface area contributed by atoms with E-state index in [9.17, 15) is 4.79 Å². The van der Waals surface area contributed by atoms with Gasteiger partial charge in [-0.05, 0) is 56.0 Å². The van der Waals surface area contributed by atoms with Gasteiger partial charge in [0.05, 0.1) is 6.04 Å². The quantitative estimate of drug-likeness (QED) is 0.773. The number of amides is 1. The van der Waals surface area contributed by atoms with Crippen LogP contribution >= 0.6 is 0 Å². The molecule has 1 N–H and O–H groups in total. The smallest absolute Gasteiger partial charge is 0.241 e. The molecule has 0 aliphatic carbocycles. The molecule has 0 fully saturated rings. The lowest BCUT2D eigenvalue weighted by Gasteiger charge is -2.25. The van der Waals surface area contributed by atoms with Crippen molar-refractivity contribution in [2.75, 3.05) is 12.4 Å². The molecule has 2 atom stereocenters. The van der Waals surface area contributed by atoms with Gasteiger partial charge in [0.2, 0.25) is 5.91 Å². The first-order valence-electron chi connectivity index (χ1n) is 9.08. The molecule has 0 aliphatic rings. The highest BCUT2D eigenvalue weighted by Crippen LogP contribution is 2.26. The summed E-state index contributed by atoms with van der Waals surface area (Å²) in [4.78, 5) is 14.8. The summed E-state index contributed by atoms with van der Waals surface area (Å²) in [5.41, 5.74) is 4.64. The van der Waals surface area contributed by atoms with Crippen molar-refractivity contribution in [1.29, 1.82) is 0 Å². The number of nitrogens with zero attached hydrogens (tertiary/aromatic N) is 1. The second-order valence-corrected chi connectivity index (χ2v) is 6.90. The van der Waals surface area contributed by atoms with Crippen LogP contribution in [0.4, 0.5) is 5.69 Å². The monoisotopic (exact) mass is 338 g/mol. The summed E-state index contributed by atoms with van der Waals surface area (Å²) in [5, 5.41) is 3.13. The molecule has 1 amide bonds. The zero-order chi connectivity index (χ0) is 18.4.